The summed E-state index contributed by atoms with van der Waals surface area (Å²) in [6.07, 6.45) is 0.0584. The number of carbonyl (C=O) groups is 2. The molecule has 0 bridgehead atoms. The van der Waals surface area contributed by atoms with Crippen LogP contribution < -0.4 is 0 Å². The number of nitrogens with zero attached hydrogens (tertiary/aromatic N) is 1. The maximum Gasteiger partial charge on any atom is 0.411 e. The lowest BCUT2D eigenvalue weighted by Crippen LogP contribution is -2.46. The van der Waals surface area contributed by atoms with E-state index in [2.05, 4.69) is 0 Å². The number of amides is 1. The number of esters is 1. The molecule has 1 atom stereocenters. The standard InChI is InChI=1S/C13H24ClNO4/c1-6-18-11(16)10(2)15(9-7-8-14)12(17)19-13(3,4)5/h10H,6-9H2,1-5H3/t10-/m1/s1. The van der Waals surface area contributed by atoms with Gasteiger partial charge >= 0.3 is 12.1 Å². The van der Waals surface area contributed by atoms with Gasteiger partial charge in [0.1, 0.15) is 11.6 Å². The quantitative estimate of drug-likeness (QED) is 0.558. The first kappa shape index (κ1) is 18.0. The van der Waals surface area contributed by atoms with Gasteiger partial charge in [0.15, 0.2) is 0 Å². The maximum absolute atomic E-state index is 12.1. The van der Waals surface area contributed by atoms with Crippen molar-refractivity contribution in [3.8, 4) is 0 Å². The number of alkyl halides is 1. The normalized spacial score (nSPS) is 12.7. The average molecular weight is 294 g/mol. The molecule has 0 aliphatic heterocycles. The fraction of sp³-hybridized carbons (Fsp3) is 0.846. The molecule has 6 heteroatoms. The highest BCUT2D eigenvalue weighted by atomic mass is 35.5. The second-order valence-electron chi connectivity index (χ2n) is 5.14. The van der Waals surface area contributed by atoms with Gasteiger partial charge in [0, 0.05) is 12.4 Å². The number of carbonyl (C=O) groups excluding carboxylic acids is 2. The largest absolute Gasteiger partial charge is 0.464 e. The van der Waals surface area contributed by atoms with Gasteiger partial charge in [-0.1, -0.05) is 0 Å². The molecule has 0 aliphatic carbocycles. The van der Waals surface area contributed by atoms with E-state index in [1.165, 1.54) is 4.90 Å². The molecule has 0 spiro atoms. The summed E-state index contributed by atoms with van der Waals surface area (Å²) in [6.45, 7) is 9.32. The van der Waals surface area contributed by atoms with E-state index >= 15 is 0 Å². The van der Waals surface area contributed by atoms with Crippen molar-refractivity contribution in [2.75, 3.05) is 19.0 Å². The lowest BCUT2D eigenvalue weighted by Gasteiger charge is -2.30. The Balaban J connectivity index is 4.78. The van der Waals surface area contributed by atoms with Crippen molar-refractivity contribution in [2.45, 2.75) is 52.7 Å². The summed E-state index contributed by atoms with van der Waals surface area (Å²) in [5.41, 5.74) is -0.606. The number of halogens is 1. The number of hydrogen-bond donors (Lipinski definition) is 0. The smallest absolute Gasteiger partial charge is 0.411 e. The fourth-order valence-electron chi connectivity index (χ4n) is 1.38. The van der Waals surface area contributed by atoms with E-state index < -0.39 is 23.7 Å². The number of hydrogen-bond acceptors (Lipinski definition) is 4. The maximum atomic E-state index is 12.1. The summed E-state index contributed by atoms with van der Waals surface area (Å²) in [4.78, 5) is 25.1. The Hall–Kier alpha value is -0.970. The summed E-state index contributed by atoms with van der Waals surface area (Å²) in [5, 5.41) is 0. The minimum Gasteiger partial charge on any atom is -0.464 e. The van der Waals surface area contributed by atoms with E-state index in [9.17, 15) is 9.59 Å². The van der Waals surface area contributed by atoms with Crippen LogP contribution in [0.2, 0.25) is 0 Å². The van der Waals surface area contributed by atoms with Crippen LogP contribution in [0.25, 0.3) is 0 Å². The van der Waals surface area contributed by atoms with Gasteiger partial charge in [-0.15, -0.1) is 11.6 Å². The van der Waals surface area contributed by atoms with Crippen LogP contribution in [0.4, 0.5) is 4.79 Å². The molecule has 19 heavy (non-hydrogen) atoms. The third-order valence-corrected chi connectivity index (χ3v) is 2.52. The topological polar surface area (TPSA) is 55.8 Å². The van der Waals surface area contributed by atoms with Crippen molar-refractivity contribution in [3.63, 3.8) is 0 Å². The van der Waals surface area contributed by atoms with Gasteiger partial charge in [-0.25, -0.2) is 9.59 Å². The lowest BCUT2D eigenvalue weighted by atomic mass is 10.2. The van der Waals surface area contributed by atoms with Gasteiger partial charge in [0.05, 0.1) is 6.61 Å². The molecule has 1 amide bonds. The minimum absolute atomic E-state index is 0.279. The van der Waals surface area contributed by atoms with E-state index in [1.54, 1.807) is 34.6 Å². The Labute approximate surface area is 120 Å². The highest BCUT2D eigenvalue weighted by molar-refractivity contribution is 6.17. The van der Waals surface area contributed by atoms with Gasteiger partial charge in [0.25, 0.3) is 0 Å². The SMILES string of the molecule is CCOC(=O)[C@@H](C)N(CCCCl)C(=O)OC(C)(C)C. The monoisotopic (exact) mass is 293 g/mol. The molecule has 0 fully saturated rings. The first-order chi connectivity index (χ1) is 8.72. The zero-order valence-corrected chi connectivity index (χ0v) is 13.1. The summed E-state index contributed by atoms with van der Waals surface area (Å²) >= 11 is 5.63. The molecule has 0 aliphatic rings. The minimum atomic E-state index is -0.682. The molecular weight excluding hydrogens is 270 g/mol. The molecule has 0 saturated heterocycles. The van der Waals surface area contributed by atoms with Crippen molar-refractivity contribution >= 4 is 23.7 Å². The van der Waals surface area contributed by atoms with Crippen LogP contribution in [0.1, 0.15) is 41.0 Å². The summed E-state index contributed by atoms with van der Waals surface area (Å²) in [7, 11) is 0. The van der Waals surface area contributed by atoms with Crippen molar-refractivity contribution in [2.24, 2.45) is 0 Å². The average Bonchev–Trinajstić information content (AvgIpc) is 2.27. The summed E-state index contributed by atoms with van der Waals surface area (Å²) < 4.78 is 10.2. The van der Waals surface area contributed by atoms with Crippen molar-refractivity contribution < 1.29 is 19.1 Å². The van der Waals surface area contributed by atoms with Crippen LogP contribution in [0.15, 0.2) is 0 Å². The molecule has 0 radical (unpaired) electrons. The van der Waals surface area contributed by atoms with Crippen molar-refractivity contribution in [3.05, 3.63) is 0 Å². The van der Waals surface area contributed by atoms with Gasteiger partial charge in [-0.05, 0) is 41.0 Å². The second kappa shape index (κ2) is 8.25. The van der Waals surface area contributed by atoms with Crippen LogP contribution in [0, 0.1) is 0 Å². The predicted octanol–water partition coefficient (Wildman–Crippen LogP) is 2.80. The Morgan fingerprint density at radius 1 is 1.32 bits per heavy atom. The van der Waals surface area contributed by atoms with Gasteiger partial charge in [0.2, 0.25) is 0 Å². The molecule has 0 aromatic rings. The molecule has 0 aromatic heterocycles. The highest BCUT2D eigenvalue weighted by Gasteiger charge is 2.30. The number of rotatable bonds is 6. The number of ether oxygens (including phenoxy) is 2. The summed E-state index contributed by atoms with van der Waals surface area (Å²) in [5.74, 6) is -0.0302. The highest BCUT2D eigenvalue weighted by Crippen LogP contribution is 2.13. The molecule has 5 nitrogen and oxygen atoms in total. The Kier molecular flexibility index (Phi) is 7.83. The van der Waals surface area contributed by atoms with E-state index in [0.717, 1.165) is 0 Å². The molecule has 112 valence electrons. The van der Waals surface area contributed by atoms with E-state index in [-0.39, 0.29) is 6.61 Å². The van der Waals surface area contributed by atoms with Crippen LogP contribution in [-0.4, -0.2) is 47.6 Å². The Bertz CT molecular complexity index is 302. The Morgan fingerprint density at radius 3 is 2.32 bits per heavy atom. The van der Waals surface area contributed by atoms with Crippen LogP contribution >= 0.6 is 11.6 Å². The fourth-order valence-corrected chi connectivity index (χ4v) is 1.50. The van der Waals surface area contributed by atoms with E-state index in [0.29, 0.717) is 18.8 Å². The lowest BCUT2D eigenvalue weighted by molar-refractivity contribution is -0.148. The van der Waals surface area contributed by atoms with Crippen LogP contribution in [0.3, 0.4) is 0 Å². The second-order valence-corrected chi connectivity index (χ2v) is 5.52. The van der Waals surface area contributed by atoms with E-state index in [1.807, 2.05) is 0 Å². The van der Waals surface area contributed by atoms with Crippen LogP contribution in [-0.2, 0) is 14.3 Å². The molecule has 0 saturated carbocycles. The third kappa shape index (κ3) is 7.25. The van der Waals surface area contributed by atoms with Gasteiger partial charge in [-0.2, -0.15) is 0 Å². The Morgan fingerprint density at radius 2 is 1.89 bits per heavy atom. The first-order valence-corrected chi connectivity index (χ1v) is 6.98. The molecule has 0 unspecified atom stereocenters. The molecule has 0 rings (SSSR count). The van der Waals surface area contributed by atoms with E-state index in [4.69, 9.17) is 21.1 Å². The van der Waals surface area contributed by atoms with Crippen LogP contribution in [0.5, 0.6) is 0 Å². The molecular formula is C13H24ClNO4. The molecule has 0 aromatic carbocycles. The van der Waals surface area contributed by atoms with Gasteiger partial charge < -0.3 is 9.47 Å². The zero-order valence-electron chi connectivity index (χ0n) is 12.4. The van der Waals surface area contributed by atoms with Crippen molar-refractivity contribution in [1.29, 1.82) is 0 Å². The zero-order chi connectivity index (χ0) is 15.1. The van der Waals surface area contributed by atoms with Gasteiger partial charge in [-0.3, -0.25) is 4.90 Å². The predicted molar refractivity (Wildman–Crippen MR) is 74.4 cm³/mol. The summed E-state index contributed by atoms with van der Waals surface area (Å²) in [6, 6.07) is -0.682. The van der Waals surface area contributed by atoms with Crippen molar-refractivity contribution in [1.82, 2.24) is 4.90 Å². The third-order valence-electron chi connectivity index (χ3n) is 2.26. The molecule has 0 heterocycles. The molecule has 0 N–H and O–H groups in total. The first-order valence-electron chi connectivity index (χ1n) is 6.45.